The number of hydrogen-bond donors (Lipinski definition) is 2. The summed E-state index contributed by atoms with van der Waals surface area (Å²) in [5.74, 6) is 2.66. The molecule has 0 spiro atoms. The first-order valence-corrected chi connectivity index (χ1v) is 10.9. The van der Waals surface area contributed by atoms with E-state index in [4.69, 9.17) is 4.74 Å². The summed E-state index contributed by atoms with van der Waals surface area (Å²) in [6.07, 6.45) is 2.26. The van der Waals surface area contributed by atoms with Crippen molar-refractivity contribution in [2.24, 2.45) is 0 Å². The maximum absolute atomic E-state index is 12.7. The second-order valence-electron chi connectivity index (χ2n) is 7.76. The van der Waals surface area contributed by atoms with Gasteiger partial charge >= 0.3 is 0 Å². The monoisotopic (exact) mass is 448 g/mol. The highest BCUT2D eigenvalue weighted by Gasteiger charge is 2.18. The molecule has 0 unspecified atom stereocenters. The Morgan fingerprint density at radius 3 is 2.67 bits per heavy atom. The van der Waals surface area contributed by atoms with Crippen LogP contribution in [0, 0.1) is 0 Å². The lowest BCUT2D eigenvalue weighted by Gasteiger charge is -2.32. The third-order valence-corrected chi connectivity index (χ3v) is 5.36. The van der Waals surface area contributed by atoms with E-state index in [0.717, 1.165) is 26.2 Å². The number of aryl methyl sites for hydroxylation is 1. The highest BCUT2D eigenvalue weighted by atomic mass is 16.5. The molecule has 172 valence electrons. The molecule has 1 amide bonds. The molecule has 1 aliphatic heterocycles. The summed E-state index contributed by atoms with van der Waals surface area (Å²) in [7, 11) is 3.69. The van der Waals surface area contributed by atoms with Crippen molar-refractivity contribution in [1.82, 2.24) is 24.8 Å². The van der Waals surface area contributed by atoms with Gasteiger partial charge < -0.3 is 25.2 Å². The Morgan fingerprint density at radius 2 is 1.91 bits per heavy atom. The van der Waals surface area contributed by atoms with Gasteiger partial charge in [-0.1, -0.05) is 13.0 Å². The van der Waals surface area contributed by atoms with Crippen LogP contribution in [0.2, 0.25) is 0 Å². The third-order valence-electron chi connectivity index (χ3n) is 5.36. The quantitative estimate of drug-likeness (QED) is 0.564. The lowest BCUT2D eigenvalue weighted by Crippen LogP contribution is -2.45. The molecule has 0 atom stereocenters. The molecule has 1 aliphatic rings. The van der Waals surface area contributed by atoms with Crippen molar-refractivity contribution in [2.75, 3.05) is 55.9 Å². The predicted octanol–water partition coefficient (Wildman–Crippen LogP) is 2.59. The lowest BCUT2D eigenvalue weighted by atomic mass is 10.2. The van der Waals surface area contributed by atoms with Gasteiger partial charge in [-0.2, -0.15) is 15.0 Å². The molecule has 1 saturated heterocycles. The molecule has 10 nitrogen and oxygen atoms in total. The van der Waals surface area contributed by atoms with Crippen molar-refractivity contribution in [3.05, 3.63) is 54.0 Å². The van der Waals surface area contributed by atoms with E-state index in [2.05, 4.69) is 47.4 Å². The fraction of sp³-hybridized carbons (Fsp3) is 0.348. The molecule has 0 radical (unpaired) electrons. The zero-order valence-electron chi connectivity index (χ0n) is 19.1. The van der Waals surface area contributed by atoms with Gasteiger partial charge in [0.2, 0.25) is 11.9 Å². The number of carbonyl (C=O) groups excluding carboxylic acids is 1. The van der Waals surface area contributed by atoms with Gasteiger partial charge in [-0.15, -0.1) is 0 Å². The summed E-state index contributed by atoms with van der Waals surface area (Å²) in [4.78, 5) is 35.2. The number of methoxy groups -OCH3 is 1. The van der Waals surface area contributed by atoms with Gasteiger partial charge in [0.05, 0.1) is 7.11 Å². The van der Waals surface area contributed by atoms with E-state index in [0.29, 0.717) is 47.0 Å². The van der Waals surface area contributed by atoms with Crippen LogP contribution in [0.15, 0.2) is 42.6 Å². The number of pyridine rings is 1. The number of hydrogen-bond acceptors (Lipinski definition) is 9. The van der Waals surface area contributed by atoms with Crippen LogP contribution >= 0.6 is 0 Å². The average Bonchev–Trinajstić information content (AvgIpc) is 2.84. The van der Waals surface area contributed by atoms with E-state index >= 15 is 0 Å². The zero-order chi connectivity index (χ0) is 23.2. The van der Waals surface area contributed by atoms with Gasteiger partial charge in [0.1, 0.15) is 17.4 Å². The van der Waals surface area contributed by atoms with Gasteiger partial charge in [-0.05, 0) is 31.3 Å². The Bertz CT molecular complexity index is 1120. The Morgan fingerprint density at radius 1 is 1.09 bits per heavy atom. The van der Waals surface area contributed by atoms with Gasteiger partial charge in [0.15, 0.2) is 0 Å². The zero-order valence-corrected chi connectivity index (χ0v) is 19.1. The van der Waals surface area contributed by atoms with Crippen molar-refractivity contribution in [2.45, 2.75) is 13.3 Å². The smallest absolute Gasteiger partial charge is 0.255 e. The Hall–Kier alpha value is -3.79. The molecular formula is C23H28N8O2. The topological polar surface area (TPSA) is 108 Å². The fourth-order valence-corrected chi connectivity index (χ4v) is 3.43. The molecule has 3 aromatic rings. The SMILES string of the molecule is CCc1nc(Nc2cc(C(=O)Nc3cccc(OC)c3)ccn2)nc(N2CCN(C)CC2)n1. The molecule has 4 rings (SSSR count). The van der Waals surface area contributed by atoms with Crippen LogP contribution in [0.4, 0.5) is 23.4 Å². The summed E-state index contributed by atoms with van der Waals surface area (Å²) in [6, 6.07) is 10.5. The molecule has 2 aromatic heterocycles. The second kappa shape index (κ2) is 10.2. The van der Waals surface area contributed by atoms with Crippen LogP contribution < -0.4 is 20.3 Å². The molecule has 0 bridgehead atoms. The summed E-state index contributed by atoms with van der Waals surface area (Å²) >= 11 is 0. The lowest BCUT2D eigenvalue weighted by molar-refractivity contribution is 0.102. The summed E-state index contributed by atoms with van der Waals surface area (Å²) in [5, 5.41) is 6.01. The summed E-state index contributed by atoms with van der Waals surface area (Å²) in [6.45, 7) is 5.65. The van der Waals surface area contributed by atoms with Crippen LogP contribution in [0.1, 0.15) is 23.1 Å². The summed E-state index contributed by atoms with van der Waals surface area (Å²) in [5.41, 5.74) is 1.10. The number of likely N-dealkylation sites (N-methyl/N-ethyl adjacent to an activating group) is 1. The van der Waals surface area contributed by atoms with Gasteiger partial charge in [-0.25, -0.2) is 4.98 Å². The van der Waals surface area contributed by atoms with E-state index in [1.54, 1.807) is 37.6 Å². The number of nitrogens with one attached hydrogen (secondary N) is 2. The van der Waals surface area contributed by atoms with Crippen LogP contribution in [0.25, 0.3) is 0 Å². The molecule has 10 heteroatoms. The Labute approximate surface area is 193 Å². The number of benzene rings is 1. The van der Waals surface area contributed by atoms with Crippen molar-refractivity contribution in [3.63, 3.8) is 0 Å². The van der Waals surface area contributed by atoms with Crippen LogP contribution in [-0.4, -0.2) is 71.1 Å². The number of anilines is 4. The standard InChI is InChI=1S/C23H28N8O2/c1-4-19-26-22(29-23(28-19)31-12-10-30(2)11-13-31)27-20-14-16(8-9-24-20)21(32)25-17-6-5-7-18(15-17)33-3/h5-9,14-15H,4,10-13H2,1-3H3,(H,25,32)(H,24,26,27,28,29). The molecule has 0 aliphatic carbocycles. The normalized spacial score (nSPS) is 14.1. The molecule has 0 saturated carbocycles. The average molecular weight is 449 g/mol. The van der Waals surface area contributed by atoms with E-state index in [-0.39, 0.29) is 5.91 Å². The Balaban J connectivity index is 1.50. The van der Waals surface area contributed by atoms with Crippen molar-refractivity contribution in [1.29, 1.82) is 0 Å². The van der Waals surface area contributed by atoms with Gasteiger partial charge in [-0.3, -0.25) is 4.79 Å². The van der Waals surface area contributed by atoms with Crippen LogP contribution in [0.5, 0.6) is 5.75 Å². The minimum atomic E-state index is -0.253. The fourth-order valence-electron chi connectivity index (χ4n) is 3.43. The first-order chi connectivity index (χ1) is 16.0. The molecule has 33 heavy (non-hydrogen) atoms. The highest BCUT2D eigenvalue weighted by Crippen LogP contribution is 2.20. The minimum absolute atomic E-state index is 0.253. The van der Waals surface area contributed by atoms with Gasteiger partial charge in [0, 0.05) is 56.1 Å². The largest absolute Gasteiger partial charge is 0.497 e. The molecule has 3 heterocycles. The van der Waals surface area contributed by atoms with E-state index in [1.165, 1.54) is 0 Å². The maximum atomic E-state index is 12.7. The van der Waals surface area contributed by atoms with E-state index in [9.17, 15) is 4.79 Å². The molecule has 1 aromatic carbocycles. The maximum Gasteiger partial charge on any atom is 0.255 e. The third kappa shape index (κ3) is 5.72. The molecule has 2 N–H and O–H groups in total. The van der Waals surface area contributed by atoms with E-state index in [1.807, 2.05) is 19.1 Å². The van der Waals surface area contributed by atoms with Crippen LogP contribution in [0.3, 0.4) is 0 Å². The number of nitrogens with zero attached hydrogens (tertiary/aromatic N) is 6. The second-order valence-corrected chi connectivity index (χ2v) is 7.76. The predicted molar refractivity (Wildman–Crippen MR) is 127 cm³/mol. The van der Waals surface area contributed by atoms with Crippen LogP contribution in [-0.2, 0) is 6.42 Å². The number of carbonyl (C=O) groups is 1. The van der Waals surface area contributed by atoms with Crippen molar-refractivity contribution < 1.29 is 9.53 Å². The number of aromatic nitrogens is 4. The summed E-state index contributed by atoms with van der Waals surface area (Å²) < 4.78 is 5.21. The van der Waals surface area contributed by atoms with E-state index < -0.39 is 0 Å². The molecular weight excluding hydrogens is 420 g/mol. The minimum Gasteiger partial charge on any atom is -0.497 e. The van der Waals surface area contributed by atoms with Crippen molar-refractivity contribution in [3.8, 4) is 5.75 Å². The van der Waals surface area contributed by atoms with Gasteiger partial charge in [0.25, 0.3) is 5.91 Å². The Kier molecular flexibility index (Phi) is 6.94. The number of amides is 1. The molecule has 1 fully saturated rings. The highest BCUT2D eigenvalue weighted by molar-refractivity contribution is 6.04. The number of rotatable bonds is 7. The first-order valence-electron chi connectivity index (χ1n) is 10.9. The van der Waals surface area contributed by atoms with Crippen molar-refractivity contribution >= 4 is 29.3 Å². The number of piperazine rings is 1. The number of ether oxygens (including phenoxy) is 1. The first kappa shape index (κ1) is 22.4.